The van der Waals surface area contributed by atoms with Crippen molar-refractivity contribution in [2.24, 2.45) is 0 Å². The van der Waals surface area contributed by atoms with Crippen LogP contribution < -0.4 is 4.57 Å². The topological polar surface area (TPSA) is 8.81 Å². The van der Waals surface area contributed by atoms with Gasteiger partial charge in [-0.3, -0.25) is 0 Å². The second kappa shape index (κ2) is 5.81. The monoisotopic (exact) mass is 169 g/mol. The summed E-state index contributed by atoms with van der Waals surface area (Å²) in [5, 5.41) is 0. The molecule has 0 bridgehead atoms. The van der Waals surface area contributed by atoms with Gasteiger partial charge in [-0.1, -0.05) is 13.8 Å². The second-order valence-electron chi connectivity index (χ2n) is 2.79. The second-order valence-corrected chi connectivity index (χ2v) is 2.79. The molecular weight excluding hydrogens is 148 g/mol. The highest BCUT2D eigenvalue weighted by Crippen LogP contribution is 1.99. The standard InChI is InChI=1S/C8H15N2.C2H6/c1-4-9-5-6-10(7-9)8(2)3;1-2/h5-8H,4H2,1-3H3;1-2H3/q+1;. The minimum atomic E-state index is 0.577. The minimum absolute atomic E-state index is 0.577. The first-order valence-corrected chi connectivity index (χ1v) is 4.80. The molecule has 0 amide bonds. The van der Waals surface area contributed by atoms with Gasteiger partial charge in [0.15, 0.2) is 0 Å². The fourth-order valence-corrected chi connectivity index (χ4v) is 0.903. The number of aromatic nitrogens is 2. The van der Waals surface area contributed by atoms with Crippen LogP contribution in [0.4, 0.5) is 0 Å². The first-order chi connectivity index (χ1) is 5.74. The molecule has 1 rings (SSSR count). The zero-order valence-corrected chi connectivity index (χ0v) is 8.91. The van der Waals surface area contributed by atoms with Crippen LogP contribution in [0.1, 0.15) is 40.7 Å². The normalized spacial score (nSPS) is 9.50. The van der Waals surface area contributed by atoms with Gasteiger partial charge >= 0.3 is 0 Å². The zero-order chi connectivity index (χ0) is 9.56. The summed E-state index contributed by atoms with van der Waals surface area (Å²) in [6.45, 7) is 11.6. The summed E-state index contributed by atoms with van der Waals surface area (Å²) in [5.41, 5.74) is 0. The van der Waals surface area contributed by atoms with Crippen molar-refractivity contribution >= 4 is 0 Å². The number of hydrogen-bond donors (Lipinski definition) is 0. The van der Waals surface area contributed by atoms with E-state index in [1.807, 2.05) is 13.8 Å². The number of nitrogens with zero attached hydrogens (tertiary/aromatic N) is 2. The van der Waals surface area contributed by atoms with Crippen molar-refractivity contribution in [3.05, 3.63) is 18.7 Å². The Bertz CT molecular complexity index is 201. The predicted molar refractivity (Wildman–Crippen MR) is 52.0 cm³/mol. The van der Waals surface area contributed by atoms with Gasteiger partial charge in [-0.05, 0) is 20.8 Å². The molecule has 1 heterocycles. The van der Waals surface area contributed by atoms with Crippen LogP contribution in [0.3, 0.4) is 0 Å². The van der Waals surface area contributed by atoms with Crippen molar-refractivity contribution in [1.29, 1.82) is 0 Å². The first-order valence-electron chi connectivity index (χ1n) is 4.80. The molecule has 12 heavy (non-hydrogen) atoms. The van der Waals surface area contributed by atoms with Crippen molar-refractivity contribution < 1.29 is 4.57 Å². The lowest BCUT2D eigenvalue weighted by atomic mass is 10.4. The Kier molecular flexibility index (Phi) is 5.43. The Labute approximate surface area is 75.8 Å². The molecular formula is C10H21N2+. The minimum Gasteiger partial charge on any atom is -0.237 e. The molecule has 0 spiro atoms. The van der Waals surface area contributed by atoms with Crippen molar-refractivity contribution in [3.8, 4) is 0 Å². The van der Waals surface area contributed by atoms with E-state index in [0.717, 1.165) is 6.54 Å². The van der Waals surface area contributed by atoms with Gasteiger partial charge in [0.05, 0.1) is 12.6 Å². The van der Waals surface area contributed by atoms with Gasteiger partial charge in [-0.2, -0.15) is 0 Å². The Morgan fingerprint density at radius 2 is 1.92 bits per heavy atom. The van der Waals surface area contributed by atoms with Crippen LogP contribution in [0.2, 0.25) is 0 Å². The molecule has 0 aliphatic carbocycles. The van der Waals surface area contributed by atoms with E-state index in [0.29, 0.717) is 6.04 Å². The van der Waals surface area contributed by atoms with Gasteiger partial charge in [0.25, 0.3) is 0 Å². The third kappa shape index (κ3) is 3.07. The van der Waals surface area contributed by atoms with Gasteiger partial charge in [0.1, 0.15) is 12.4 Å². The summed E-state index contributed by atoms with van der Waals surface area (Å²) in [6.07, 6.45) is 6.33. The molecule has 0 fully saturated rings. The third-order valence-electron chi connectivity index (χ3n) is 1.67. The van der Waals surface area contributed by atoms with Gasteiger partial charge in [-0.15, -0.1) is 0 Å². The molecule has 1 aromatic rings. The first kappa shape index (κ1) is 11.2. The van der Waals surface area contributed by atoms with Crippen molar-refractivity contribution in [3.63, 3.8) is 0 Å². The zero-order valence-electron chi connectivity index (χ0n) is 8.91. The lowest BCUT2D eigenvalue weighted by molar-refractivity contribution is -0.693. The molecule has 0 aliphatic heterocycles. The number of imidazole rings is 1. The average Bonchev–Trinajstić information content (AvgIpc) is 2.55. The Hall–Kier alpha value is -0.790. The van der Waals surface area contributed by atoms with Crippen LogP contribution in [0.5, 0.6) is 0 Å². The molecule has 0 aliphatic rings. The fourth-order valence-electron chi connectivity index (χ4n) is 0.903. The maximum absolute atomic E-state index is 2.20. The van der Waals surface area contributed by atoms with Crippen molar-refractivity contribution in [2.45, 2.75) is 47.2 Å². The number of hydrogen-bond acceptors (Lipinski definition) is 0. The van der Waals surface area contributed by atoms with Gasteiger partial charge < -0.3 is 0 Å². The molecule has 2 heteroatoms. The maximum Gasteiger partial charge on any atom is 0.243 e. The predicted octanol–water partition coefficient (Wildman–Crippen LogP) is 2.40. The molecule has 0 radical (unpaired) electrons. The van der Waals surface area contributed by atoms with E-state index in [1.165, 1.54) is 0 Å². The van der Waals surface area contributed by atoms with Crippen molar-refractivity contribution in [1.82, 2.24) is 4.57 Å². The number of aryl methyl sites for hydroxylation is 1. The summed E-state index contributed by atoms with van der Waals surface area (Å²) < 4.78 is 4.36. The molecule has 0 aromatic carbocycles. The quantitative estimate of drug-likeness (QED) is 0.601. The van der Waals surface area contributed by atoms with E-state index in [4.69, 9.17) is 0 Å². The molecule has 0 atom stereocenters. The van der Waals surface area contributed by atoms with Crippen LogP contribution >= 0.6 is 0 Å². The highest BCUT2D eigenvalue weighted by molar-refractivity contribution is 4.69. The van der Waals surface area contributed by atoms with Gasteiger partial charge in [0.2, 0.25) is 6.33 Å². The Morgan fingerprint density at radius 1 is 1.33 bits per heavy atom. The maximum atomic E-state index is 2.20. The average molecular weight is 169 g/mol. The lowest BCUT2D eigenvalue weighted by Gasteiger charge is -1.96. The lowest BCUT2D eigenvalue weighted by Crippen LogP contribution is -2.29. The fraction of sp³-hybridized carbons (Fsp3) is 0.700. The summed E-state index contributed by atoms with van der Waals surface area (Å²) in [4.78, 5) is 0. The van der Waals surface area contributed by atoms with Crippen LogP contribution in [-0.4, -0.2) is 4.57 Å². The summed E-state index contributed by atoms with van der Waals surface area (Å²) in [7, 11) is 0. The Morgan fingerprint density at radius 3 is 2.17 bits per heavy atom. The van der Waals surface area contributed by atoms with E-state index < -0.39 is 0 Å². The van der Waals surface area contributed by atoms with Gasteiger partial charge in [-0.25, -0.2) is 9.13 Å². The van der Waals surface area contributed by atoms with Crippen LogP contribution in [0.15, 0.2) is 18.7 Å². The van der Waals surface area contributed by atoms with Crippen molar-refractivity contribution in [2.75, 3.05) is 0 Å². The van der Waals surface area contributed by atoms with E-state index in [1.54, 1.807) is 0 Å². The van der Waals surface area contributed by atoms with Crippen LogP contribution in [0.25, 0.3) is 0 Å². The van der Waals surface area contributed by atoms with E-state index in [9.17, 15) is 0 Å². The van der Waals surface area contributed by atoms with Crippen LogP contribution in [-0.2, 0) is 6.54 Å². The largest absolute Gasteiger partial charge is 0.243 e. The van der Waals surface area contributed by atoms with Crippen LogP contribution in [0, 0.1) is 0 Å². The molecule has 0 unspecified atom stereocenters. The molecule has 2 nitrogen and oxygen atoms in total. The molecule has 0 saturated heterocycles. The third-order valence-corrected chi connectivity index (χ3v) is 1.67. The summed E-state index contributed by atoms with van der Waals surface area (Å²) in [6, 6.07) is 0.577. The molecule has 70 valence electrons. The highest BCUT2D eigenvalue weighted by Gasteiger charge is 2.03. The molecule has 1 aromatic heterocycles. The van der Waals surface area contributed by atoms with Gasteiger partial charge in [0, 0.05) is 0 Å². The summed E-state index contributed by atoms with van der Waals surface area (Å²) in [5.74, 6) is 0. The Balaban J connectivity index is 0.000000561. The molecule has 0 N–H and O–H groups in total. The molecule has 0 saturated carbocycles. The number of rotatable bonds is 2. The SMILES string of the molecule is CC.CC[n+]1ccn(C(C)C)c1. The van der Waals surface area contributed by atoms with E-state index in [-0.39, 0.29) is 0 Å². The summed E-state index contributed by atoms with van der Waals surface area (Å²) >= 11 is 0. The van der Waals surface area contributed by atoms with E-state index >= 15 is 0 Å². The van der Waals surface area contributed by atoms with E-state index in [2.05, 4.69) is 48.6 Å². The smallest absolute Gasteiger partial charge is 0.237 e. The highest BCUT2D eigenvalue weighted by atomic mass is 15.1.